The molecule has 1 aliphatic heterocycles. The monoisotopic (exact) mass is 310 g/mol. The third kappa shape index (κ3) is 2.76. The number of nitriles is 1. The molecule has 2 rings (SSSR count). The van der Waals surface area contributed by atoms with Crippen LogP contribution in [-0.2, 0) is 19.6 Å². The molecule has 1 aromatic rings. The van der Waals surface area contributed by atoms with Crippen molar-refractivity contribution in [3.63, 3.8) is 0 Å². The number of β-amino-alcohol motifs (C(OH)–C–C–N with tert-alkyl or cyclic N) is 1. The van der Waals surface area contributed by atoms with Gasteiger partial charge in [0.2, 0.25) is 10.0 Å². The van der Waals surface area contributed by atoms with Gasteiger partial charge in [0.25, 0.3) is 0 Å². The summed E-state index contributed by atoms with van der Waals surface area (Å²) in [5, 5.41) is 18.7. The van der Waals surface area contributed by atoms with Crippen LogP contribution in [0.15, 0.2) is 29.2 Å². The SMILES string of the molecule is COC(=O)C1CC(O)CN1S(=O)(=O)c1ccccc1C#N. The first-order valence-electron chi connectivity index (χ1n) is 6.18. The third-order valence-electron chi connectivity index (χ3n) is 3.30. The van der Waals surface area contributed by atoms with E-state index in [1.807, 2.05) is 6.07 Å². The molecule has 1 saturated heterocycles. The van der Waals surface area contributed by atoms with Crippen molar-refractivity contribution in [1.82, 2.24) is 4.31 Å². The first-order valence-corrected chi connectivity index (χ1v) is 7.62. The molecule has 1 N–H and O–H groups in total. The lowest BCUT2D eigenvalue weighted by atomic mass is 10.2. The number of hydrogen-bond acceptors (Lipinski definition) is 6. The van der Waals surface area contributed by atoms with Crippen LogP contribution in [0, 0.1) is 11.3 Å². The largest absolute Gasteiger partial charge is 0.468 e. The average molecular weight is 310 g/mol. The van der Waals surface area contributed by atoms with E-state index in [4.69, 9.17) is 5.26 Å². The number of carbonyl (C=O) groups is 1. The van der Waals surface area contributed by atoms with Gasteiger partial charge in [-0.05, 0) is 12.1 Å². The van der Waals surface area contributed by atoms with Gasteiger partial charge in [0.15, 0.2) is 0 Å². The maximum Gasteiger partial charge on any atom is 0.324 e. The Morgan fingerprint density at radius 3 is 2.76 bits per heavy atom. The van der Waals surface area contributed by atoms with Gasteiger partial charge in [0, 0.05) is 13.0 Å². The maximum atomic E-state index is 12.6. The summed E-state index contributed by atoms with van der Waals surface area (Å²) < 4.78 is 30.8. The lowest BCUT2D eigenvalue weighted by Crippen LogP contribution is -2.41. The quantitative estimate of drug-likeness (QED) is 0.778. The molecule has 0 aliphatic carbocycles. The molecule has 1 fully saturated rings. The highest BCUT2D eigenvalue weighted by Crippen LogP contribution is 2.28. The smallest absolute Gasteiger partial charge is 0.324 e. The summed E-state index contributed by atoms with van der Waals surface area (Å²) in [7, 11) is -2.91. The molecule has 1 aliphatic rings. The van der Waals surface area contributed by atoms with Gasteiger partial charge in [-0.25, -0.2) is 8.42 Å². The molecule has 1 aromatic carbocycles. The standard InChI is InChI=1S/C13H14N2O5S/c1-20-13(17)11-6-10(16)8-15(11)21(18,19)12-5-3-2-4-9(12)7-14/h2-5,10-11,16H,6,8H2,1H3. The van der Waals surface area contributed by atoms with Crippen molar-refractivity contribution < 1.29 is 23.1 Å². The van der Waals surface area contributed by atoms with Crippen molar-refractivity contribution in [2.75, 3.05) is 13.7 Å². The first-order chi connectivity index (χ1) is 9.91. The van der Waals surface area contributed by atoms with Crippen LogP contribution in [0.3, 0.4) is 0 Å². The summed E-state index contributed by atoms with van der Waals surface area (Å²) in [5.41, 5.74) is -0.0116. The molecule has 0 saturated carbocycles. The van der Waals surface area contributed by atoms with Crippen molar-refractivity contribution in [3.05, 3.63) is 29.8 Å². The summed E-state index contributed by atoms with van der Waals surface area (Å²) >= 11 is 0. The van der Waals surface area contributed by atoms with Crippen molar-refractivity contribution in [1.29, 1.82) is 5.26 Å². The maximum absolute atomic E-state index is 12.6. The number of ether oxygens (including phenoxy) is 1. The Balaban J connectivity index is 2.48. The van der Waals surface area contributed by atoms with Crippen LogP contribution in [0.4, 0.5) is 0 Å². The normalized spacial score (nSPS) is 22.7. The molecule has 0 spiro atoms. The molecule has 0 aromatic heterocycles. The fraction of sp³-hybridized carbons (Fsp3) is 0.385. The molecular formula is C13H14N2O5S. The van der Waals surface area contributed by atoms with E-state index in [0.29, 0.717) is 0 Å². The van der Waals surface area contributed by atoms with E-state index in [1.165, 1.54) is 18.2 Å². The van der Waals surface area contributed by atoms with E-state index in [9.17, 15) is 18.3 Å². The van der Waals surface area contributed by atoms with Crippen LogP contribution in [0.5, 0.6) is 0 Å². The topological polar surface area (TPSA) is 108 Å². The second-order valence-electron chi connectivity index (χ2n) is 4.61. The van der Waals surface area contributed by atoms with Gasteiger partial charge in [0.05, 0.1) is 23.7 Å². The van der Waals surface area contributed by atoms with Crippen molar-refractivity contribution in [2.24, 2.45) is 0 Å². The molecule has 0 bridgehead atoms. The number of benzene rings is 1. The molecule has 1 heterocycles. The molecule has 2 unspecified atom stereocenters. The summed E-state index contributed by atoms with van der Waals surface area (Å²) in [5.74, 6) is -0.732. The second kappa shape index (κ2) is 5.81. The van der Waals surface area contributed by atoms with Crippen molar-refractivity contribution in [3.8, 4) is 6.07 Å². The molecule has 112 valence electrons. The van der Waals surface area contributed by atoms with E-state index in [-0.39, 0.29) is 23.4 Å². The minimum atomic E-state index is -4.07. The zero-order valence-electron chi connectivity index (χ0n) is 11.3. The number of aliphatic hydroxyl groups is 1. The van der Waals surface area contributed by atoms with Gasteiger partial charge in [0.1, 0.15) is 12.1 Å². The number of hydrogen-bond donors (Lipinski definition) is 1. The molecule has 2 atom stereocenters. The summed E-state index contributed by atoms with van der Waals surface area (Å²) in [6.45, 7) is -0.206. The van der Waals surface area contributed by atoms with Crippen LogP contribution in [0.2, 0.25) is 0 Å². The lowest BCUT2D eigenvalue weighted by Gasteiger charge is -2.22. The summed E-state index contributed by atoms with van der Waals surface area (Å²) in [6, 6.07) is 6.45. The highest BCUT2D eigenvalue weighted by molar-refractivity contribution is 7.89. The van der Waals surface area contributed by atoms with Crippen LogP contribution < -0.4 is 0 Å². The Labute approximate surface area is 122 Å². The van der Waals surface area contributed by atoms with Crippen LogP contribution in [0.1, 0.15) is 12.0 Å². The highest BCUT2D eigenvalue weighted by Gasteiger charge is 2.44. The number of aliphatic hydroxyl groups excluding tert-OH is 1. The number of sulfonamides is 1. The third-order valence-corrected chi connectivity index (χ3v) is 5.23. The summed E-state index contributed by atoms with van der Waals surface area (Å²) in [6.07, 6.45) is -0.973. The zero-order chi connectivity index (χ0) is 15.6. The molecule has 0 amide bonds. The number of methoxy groups -OCH3 is 1. The Morgan fingerprint density at radius 2 is 2.14 bits per heavy atom. The lowest BCUT2D eigenvalue weighted by molar-refractivity contribution is -0.144. The highest BCUT2D eigenvalue weighted by atomic mass is 32.2. The Morgan fingerprint density at radius 1 is 1.48 bits per heavy atom. The average Bonchev–Trinajstić information content (AvgIpc) is 2.89. The van der Waals surface area contributed by atoms with E-state index >= 15 is 0 Å². The van der Waals surface area contributed by atoms with E-state index < -0.39 is 28.1 Å². The molecule has 21 heavy (non-hydrogen) atoms. The predicted molar refractivity (Wildman–Crippen MR) is 71.5 cm³/mol. The molecule has 8 heteroatoms. The van der Waals surface area contributed by atoms with Gasteiger partial charge < -0.3 is 9.84 Å². The number of carbonyl (C=O) groups excluding carboxylic acids is 1. The number of esters is 1. The van der Waals surface area contributed by atoms with Gasteiger partial charge in [-0.1, -0.05) is 12.1 Å². The van der Waals surface area contributed by atoms with Crippen LogP contribution in [-0.4, -0.2) is 49.6 Å². The number of nitrogens with zero attached hydrogens (tertiary/aromatic N) is 2. The van der Waals surface area contributed by atoms with Gasteiger partial charge >= 0.3 is 5.97 Å². The first kappa shape index (κ1) is 15.4. The van der Waals surface area contributed by atoms with Crippen LogP contribution >= 0.6 is 0 Å². The summed E-state index contributed by atoms with van der Waals surface area (Å²) in [4.78, 5) is 11.5. The van der Waals surface area contributed by atoms with Crippen molar-refractivity contribution >= 4 is 16.0 Å². The Hall–Kier alpha value is -1.95. The zero-order valence-corrected chi connectivity index (χ0v) is 12.1. The van der Waals surface area contributed by atoms with Crippen LogP contribution in [0.25, 0.3) is 0 Å². The Bertz CT molecular complexity index is 695. The van der Waals surface area contributed by atoms with E-state index in [1.54, 1.807) is 6.07 Å². The fourth-order valence-corrected chi connectivity index (χ4v) is 4.08. The minimum absolute atomic E-state index is 0.0116. The fourth-order valence-electron chi connectivity index (χ4n) is 2.31. The second-order valence-corrected chi connectivity index (χ2v) is 6.47. The number of rotatable bonds is 3. The van der Waals surface area contributed by atoms with Crippen molar-refractivity contribution in [2.45, 2.75) is 23.5 Å². The van der Waals surface area contributed by atoms with Gasteiger partial charge in [-0.15, -0.1) is 0 Å². The van der Waals surface area contributed by atoms with E-state index in [0.717, 1.165) is 11.4 Å². The minimum Gasteiger partial charge on any atom is -0.468 e. The molecule has 7 nitrogen and oxygen atoms in total. The van der Waals surface area contributed by atoms with Gasteiger partial charge in [-0.2, -0.15) is 9.57 Å². The van der Waals surface area contributed by atoms with E-state index in [2.05, 4.69) is 4.74 Å². The van der Waals surface area contributed by atoms with Gasteiger partial charge in [-0.3, -0.25) is 4.79 Å². The molecular weight excluding hydrogens is 296 g/mol. The Kier molecular flexibility index (Phi) is 4.27. The predicted octanol–water partition coefficient (Wildman–Crippen LogP) is -0.145. The molecule has 0 radical (unpaired) electrons.